The molecule has 2 aromatic rings. The van der Waals surface area contributed by atoms with Gasteiger partial charge in [0.15, 0.2) is 0 Å². The number of aromatic nitrogens is 1. The lowest BCUT2D eigenvalue weighted by Crippen LogP contribution is -2.33. The van der Waals surface area contributed by atoms with Crippen LogP contribution in [0.2, 0.25) is 0 Å². The van der Waals surface area contributed by atoms with E-state index in [-0.39, 0.29) is 0 Å². The number of pyridine rings is 1. The van der Waals surface area contributed by atoms with E-state index in [4.69, 9.17) is 4.98 Å². The van der Waals surface area contributed by atoms with Crippen LogP contribution < -0.4 is 4.90 Å². The number of likely N-dealkylation sites (N-methyl/N-ethyl adjacent to an activating group) is 1. The van der Waals surface area contributed by atoms with Gasteiger partial charge in [0.1, 0.15) is 5.82 Å². The van der Waals surface area contributed by atoms with Crippen LogP contribution in [0.4, 0.5) is 5.82 Å². The fraction of sp³-hybridized carbons (Fsp3) is 0.522. The van der Waals surface area contributed by atoms with Gasteiger partial charge in [-0.15, -0.1) is 0 Å². The summed E-state index contributed by atoms with van der Waals surface area (Å²) in [6.45, 7) is 14.7. The zero-order chi connectivity index (χ0) is 19.8. The van der Waals surface area contributed by atoms with Crippen LogP contribution in [0, 0.1) is 13.8 Å². The van der Waals surface area contributed by atoms with Gasteiger partial charge in [0.05, 0.1) is 0 Å². The van der Waals surface area contributed by atoms with E-state index in [0.29, 0.717) is 0 Å². The predicted molar refractivity (Wildman–Crippen MR) is 116 cm³/mol. The first kappa shape index (κ1) is 21.4. The number of hydrogen-bond donors (Lipinski definition) is 0. The number of aryl methyl sites for hydroxylation is 2. The SMILES string of the molecule is CCN(CC)c1nc(C)cc(C)c1CN(CCN(C)C)Cc1ccccc1. The molecule has 0 fully saturated rings. The van der Waals surface area contributed by atoms with Crippen LogP contribution in [0.3, 0.4) is 0 Å². The Kier molecular flexibility index (Phi) is 8.26. The van der Waals surface area contributed by atoms with Crippen LogP contribution in [0.5, 0.6) is 0 Å². The molecule has 0 bridgehead atoms. The molecule has 0 amide bonds. The summed E-state index contributed by atoms with van der Waals surface area (Å²) in [5.74, 6) is 1.15. The molecule has 0 unspecified atom stereocenters. The van der Waals surface area contributed by atoms with Crippen LogP contribution in [-0.2, 0) is 13.1 Å². The van der Waals surface area contributed by atoms with E-state index in [2.05, 4.69) is 92.9 Å². The molecule has 0 aliphatic rings. The van der Waals surface area contributed by atoms with Gasteiger partial charge >= 0.3 is 0 Å². The first-order valence-electron chi connectivity index (χ1n) is 10.1. The third kappa shape index (κ3) is 6.33. The number of benzene rings is 1. The fourth-order valence-electron chi connectivity index (χ4n) is 3.44. The summed E-state index contributed by atoms with van der Waals surface area (Å²) < 4.78 is 0. The van der Waals surface area contributed by atoms with Crippen molar-refractivity contribution in [3.63, 3.8) is 0 Å². The van der Waals surface area contributed by atoms with E-state index in [0.717, 1.165) is 50.8 Å². The Morgan fingerprint density at radius 3 is 2.15 bits per heavy atom. The second kappa shape index (κ2) is 10.4. The zero-order valence-corrected chi connectivity index (χ0v) is 18.0. The highest BCUT2D eigenvalue weighted by Crippen LogP contribution is 2.25. The molecule has 1 aromatic carbocycles. The van der Waals surface area contributed by atoms with Crippen molar-refractivity contribution in [3.8, 4) is 0 Å². The standard InChI is InChI=1S/C23H36N4/c1-7-27(8-2)23-22(19(3)16-20(4)24-23)18-26(15-14-25(5)6)17-21-12-10-9-11-13-21/h9-13,16H,7-8,14-15,17-18H2,1-6H3. The Morgan fingerprint density at radius 2 is 1.56 bits per heavy atom. The molecule has 4 nitrogen and oxygen atoms in total. The summed E-state index contributed by atoms with van der Waals surface area (Å²) in [5.41, 5.74) is 5.16. The van der Waals surface area contributed by atoms with Crippen molar-refractivity contribution in [1.82, 2.24) is 14.8 Å². The van der Waals surface area contributed by atoms with Crippen LogP contribution in [-0.4, -0.2) is 55.1 Å². The lowest BCUT2D eigenvalue weighted by Gasteiger charge is -2.29. The Morgan fingerprint density at radius 1 is 0.889 bits per heavy atom. The molecular formula is C23H36N4. The van der Waals surface area contributed by atoms with E-state index in [1.807, 2.05) is 0 Å². The van der Waals surface area contributed by atoms with Gasteiger partial charge in [-0.2, -0.15) is 0 Å². The van der Waals surface area contributed by atoms with Gasteiger partial charge in [0, 0.05) is 50.5 Å². The minimum Gasteiger partial charge on any atom is -0.357 e. The second-order valence-electron chi connectivity index (χ2n) is 7.55. The molecule has 0 N–H and O–H groups in total. The van der Waals surface area contributed by atoms with E-state index in [1.165, 1.54) is 16.7 Å². The van der Waals surface area contributed by atoms with Gasteiger partial charge in [-0.3, -0.25) is 4.90 Å². The smallest absolute Gasteiger partial charge is 0.133 e. The van der Waals surface area contributed by atoms with E-state index in [1.54, 1.807) is 0 Å². The molecule has 4 heteroatoms. The van der Waals surface area contributed by atoms with Crippen molar-refractivity contribution < 1.29 is 0 Å². The van der Waals surface area contributed by atoms with E-state index >= 15 is 0 Å². The summed E-state index contributed by atoms with van der Waals surface area (Å²) in [7, 11) is 4.28. The number of anilines is 1. The summed E-state index contributed by atoms with van der Waals surface area (Å²) in [6.07, 6.45) is 0. The van der Waals surface area contributed by atoms with Gasteiger partial charge in [0.2, 0.25) is 0 Å². The number of nitrogens with zero attached hydrogens (tertiary/aromatic N) is 4. The monoisotopic (exact) mass is 368 g/mol. The van der Waals surface area contributed by atoms with Crippen LogP contribution in [0.25, 0.3) is 0 Å². The molecule has 0 spiro atoms. The Hall–Kier alpha value is -1.91. The maximum atomic E-state index is 4.92. The second-order valence-corrected chi connectivity index (χ2v) is 7.55. The maximum Gasteiger partial charge on any atom is 0.133 e. The van der Waals surface area contributed by atoms with Gasteiger partial charge in [-0.25, -0.2) is 4.98 Å². The molecule has 0 atom stereocenters. The Bertz CT molecular complexity index is 693. The molecule has 0 aliphatic carbocycles. The fourth-order valence-corrected chi connectivity index (χ4v) is 3.44. The van der Waals surface area contributed by atoms with Crippen molar-refractivity contribution >= 4 is 5.82 Å². The third-order valence-electron chi connectivity index (χ3n) is 5.01. The third-order valence-corrected chi connectivity index (χ3v) is 5.01. The lowest BCUT2D eigenvalue weighted by molar-refractivity contribution is 0.226. The molecule has 1 heterocycles. The van der Waals surface area contributed by atoms with Crippen LogP contribution >= 0.6 is 0 Å². The zero-order valence-electron chi connectivity index (χ0n) is 18.0. The predicted octanol–water partition coefficient (Wildman–Crippen LogP) is 4.11. The summed E-state index contributed by atoms with van der Waals surface area (Å²) >= 11 is 0. The van der Waals surface area contributed by atoms with Crippen LogP contribution in [0.1, 0.15) is 36.2 Å². The van der Waals surface area contributed by atoms with Crippen molar-refractivity contribution in [1.29, 1.82) is 0 Å². The summed E-state index contributed by atoms with van der Waals surface area (Å²) in [6, 6.07) is 13.0. The van der Waals surface area contributed by atoms with Crippen molar-refractivity contribution in [3.05, 3.63) is 58.8 Å². The highest BCUT2D eigenvalue weighted by atomic mass is 15.2. The molecule has 2 rings (SSSR count). The molecule has 0 saturated carbocycles. The van der Waals surface area contributed by atoms with Crippen LogP contribution in [0.15, 0.2) is 36.4 Å². The molecule has 27 heavy (non-hydrogen) atoms. The first-order valence-corrected chi connectivity index (χ1v) is 10.1. The quantitative estimate of drug-likeness (QED) is 0.629. The molecule has 0 radical (unpaired) electrons. The molecule has 0 saturated heterocycles. The summed E-state index contributed by atoms with van der Waals surface area (Å²) in [5, 5.41) is 0. The highest BCUT2D eigenvalue weighted by Gasteiger charge is 2.17. The van der Waals surface area contributed by atoms with E-state index in [9.17, 15) is 0 Å². The van der Waals surface area contributed by atoms with Crippen molar-refractivity contribution in [2.24, 2.45) is 0 Å². The molecule has 0 aliphatic heterocycles. The highest BCUT2D eigenvalue weighted by molar-refractivity contribution is 5.51. The molecule has 148 valence electrons. The largest absolute Gasteiger partial charge is 0.357 e. The minimum absolute atomic E-state index is 0.924. The molecule has 1 aromatic heterocycles. The number of rotatable bonds is 10. The molecular weight excluding hydrogens is 332 g/mol. The number of hydrogen-bond acceptors (Lipinski definition) is 4. The lowest BCUT2D eigenvalue weighted by atomic mass is 10.1. The topological polar surface area (TPSA) is 22.6 Å². The van der Waals surface area contributed by atoms with Gasteiger partial charge in [-0.1, -0.05) is 30.3 Å². The van der Waals surface area contributed by atoms with Gasteiger partial charge in [0.25, 0.3) is 0 Å². The van der Waals surface area contributed by atoms with Crippen molar-refractivity contribution in [2.75, 3.05) is 45.2 Å². The summed E-state index contributed by atoms with van der Waals surface area (Å²) in [4.78, 5) is 12.1. The average molecular weight is 369 g/mol. The maximum absolute atomic E-state index is 4.92. The van der Waals surface area contributed by atoms with E-state index < -0.39 is 0 Å². The van der Waals surface area contributed by atoms with Gasteiger partial charge in [-0.05, 0) is 59.0 Å². The minimum atomic E-state index is 0.924. The Balaban J connectivity index is 2.32. The van der Waals surface area contributed by atoms with Crippen molar-refractivity contribution in [2.45, 2.75) is 40.8 Å². The normalized spacial score (nSPS) is 11.4. The van der Waals surface area contributed by atoms with Gasteiger partial charge < -0.3 is 9.80 Å². The Labute approximate surface area is 165 Å². The average Bonchev–Trinajstić information content (AvgIpc) is 2.64. The first-order chi connectivity index (χ1) is 12.9.